The molecule has 0 spiro atoms. The summed E-state index contributed by atoms with van der Waals surface area (Å²) < 4.78 is 0. The molecular formula is C31H54N2O4. The van der Waals surface area contributed by atoms with Crippen molar-refractivity contribution >= 4 is 11.9 Å². The zero-order valence-electron chi connectivity index (χ0n) is 25.7. The quantitative estimate of drug-likeness (QED) is 0.336. The van der Waals surface area contributed by atoms with E-state index in [1.54, 1.807) is 0 Å². The molecule has 0 aromatic rings. The molecule has 0 aliphatic carbocycles. The van der Waals surface area contributed by atoms with E-state index < -0.39 is 51.3 Å². The average Bonchev–Trinajstić information content (AvgIpc) is 2.63. The first-order valence-corrected chi connectivity index (χ1v) is 13.9. The Bertz CT molecular complexity index is 829. The number of piperidine rings is 2. The van der Waals surface area contributed by atoms with Crippen molar-refractivity contribution in [2.75, 3.05) is 0 Å². The first-order valence-electron chi connectivity index (χ1n) is 13.9. The molecule has 2 N–H and O–H groups in total. The van der Waals surface area contributed by atoms with Gasteiger partial charge in [-0.2, -0.15) is 0 Å². The molecule has 0 saturated carbocycles. The Morgan fingerprint density at radius 2 is 0.865 bits per heavy atom. The second-order valence-electron chi connectivity index (χ2n) is 14.9. The molecule has 6 heteroatoms. The minimum Gasteiger partial charge on any atom is -0.480 e. The number of carbonyl (C=O) groups is 2. The minimum atomic E-state index is -1.89. The number of rotatable bonds is 8. The van der Waals surface area contributed by atoms with Gasteiger partial charge in [0.1, 0.15) is 0 Å². The lowest BCUT2D eigenvalue weighted by molar-refractivity contribution is -0.189. The summed E-state index contributed by atoms with van der Waals surface area (Å²) in [6.07, 6.45) is 1.89. The van der Waals surface area contributed by atoms with E-state index in [0.29, 0.717) is 25.7 Å². The Kier molecular flexibility index (Phi) is 8.14. The lowest BCUT2D eigenvalue weighted by Crippen LogP contribution is -2.68. The van der Waals surface area contributed by atoms with Crippen LogP contribution in [0.1, 0.15) is 109 Å². The normalized spacial score (nSPS) is 23.8. The van der Waals surface area contributed by atoms with E-state index in [0.717, 1.165) is 11.4 Å². The number of carboxylic acids is 2. The van der Waals surface area contributed by atoms with E-state index in [1.165, 1.54) is 0 Å². The van der Waals surface area contributed by atoms with Gasteiger partial charge in [0.15, 0.2) is 5.41 Å². The van der Waals surface area contributed by atoms with Crippen molar-refractivity contribution in [2.45, 2.75) is 131 Å². The standard InChI is InChI=1S/C31H54N2O4/c1-19(2)21(5)32-27(7,8)15-23(16-28(32,9)10)31(25(34)35,26(36)37)24-17-29(11,12)33(22(6)20(3)4)30(13,14)18-24/h19-20,23-24H,5-6,15-18H2,1-4,7-14H3,(H,34,35)(H,36,37). The van der Waals surface area contributed by atoms with E-state index in [-0.39, 0.29) is 11.8 Å². The van der Waals surface area contributed by atoms with Gasteiger partial charge in [0.2, 0.25) is 0 Å². The molecule has 2 aliphatic rings. The summed E-state index contributed by atoms with van der Waals surface area (Å²) in [5.74, 6) is -3.00. The van der Waals surface area contributed by atoms with Crippen molar-refractivity contribution < 1.29 is 19.8 Å². The molecule has 0 radical (unpaired) electrons. The molecule has 0 bridgehead atoms. The number of carboxylic acid groups (broad SMARTS) is 2. The minimum absolute atomic E-state index is 0.235. The summed E-state index contributed by atoms with van der Waals surface area (Å²) in [4.78, 5) is 31.3. The fourth-order valence-electron chi connectivity index (χ4n) is 8.40. The van der Waals surface area contributed by atoms with Gasteiger partial charge in [0.25, 0.3) is 0 Å². The lowest BCUT2D eigenvalue weighted by Gasteiger charge is -2.63. The number of likely N-dealkylation sites (tertiary alicyclic amines) is 2. The van der Waals surface area contributed by atoms with Gasteiger partial charge >= 0.3 is 11.9 Å². The molecule has 2 saturated heterocycles. The predicted molar refractivity (Wildman–Crippen MR) is 151 cm³/mol. The largest absolute Gasteiger partial charge is 0.480 e. The zero-order valence-corrected chi connectivity index (χ0v) is 25.7. The highest BCUT2D eigenvalue weighted by Crippen LogP contribution is 2.58. The Morgan fingerprint density at radius 3 is 1.03 bits per heavy atom. The molecule has 2 aliphatic heterocycles. The number of aliphatic carboxylic acids is 2. The van der Waals surface area contributed by atoms with Gasteiger partial charge in [0.05, 0.1) is 0 Å². The van der Waals surface area contributed by atoms with Crippen LogP contribution in [-0.4, -0.2) is 54.1 Å². The predicted octanol–water partition coefficient (Wildman–Crippen LogP) is 7.02. The Morgan fingerprint density at radius 1 is 0.649 bits per heavy atom. The van der Waals surface area contributed by atoms with Crippen LogP contribution >= 0.6 is 0 Å². The van der Waals surface area contributed by atoms with Crippen molar-refractivity contribution in [1.82, 2.24) is 9.80 Å². The van der Waals surface area contributed by atoms with E-state index in [4.69, 9.17) is 0 Å². The van der Waals surface area contributed by atoms with Crippen LogP contribution in [0.5, 0.6) is 0 Å². The highest BCUT2D eigenvalue weighted by molar-refractivity contribution is 5.99. The maximum absolute atomic E-state index is 13.3. The maximum Gasteiger partial charge on any atom is 0.321 e. The van der Waals surface area contributed by atoms with Gasteiger partial charge in [0, 0.05) is 33.5 Å². The van der Waals surface area contributed by atoms with Crippen LogP contribution in [0, 0.1) is 29.1 Å². The lowest BCUT2D eigenvalue weighted by atomic mass is 9.53. The highest BCUT2D eigenvalue weighted by atomic mass is 16.4. The molecule has 0 unspecified atom stereocenters. The molecule has 2 rings (SSSR count). The first kappa shape index (κ1) is 31.2. The summed E-state index contributed by atoms with van der Waals surface area (Å²) in [7, 11) is 0. The summed E-state index contributed by atoms with van der Waals surface area (Å²) in [5, 5.41) is 21.7. The van der Waals surface area contributed by atoms with Crippen molar-refractivity contribution in [1.29, 1.82) is 0 Å². The van der Waals surface area contributed by atoms with Crippen LogP contribution in [0.2, 0.25) is 0 Å². The molecule has 37 heavy (non-hydrogen) atoms. The number of hydrogen-bond acceptors (Lipinski definition) is 4. The van der Waals surface area contributed by atoms with E-state index in [9.17, 15) is 19.8 Å². The smallest absolute Gasteiger partial charge is 0.321 e. The third-order valence-corrected chi connectivity index (χ3v) is 9.31. The summed E-state index contributed by atoms with van der Waals surface area (Å²) in [5.41, 5.74) is -1.65. The number of allylic oxidation sites excluding steroid dienone is 2. The Labute approximate surface area is 226 Å². The SMILES string of the molecule is C=C(C(C)C)N1C(C)(C)CC(C(C(=O)O)(C(=O)O)C2CC(C)(C)N(C(=C)C(C)C)C(C)(C)C2)CC1(C)C. The van der Waals surface area contributed by atoms with Crippen LogP contribution in [0.4, 0.5) is 0 Å². The van der Waals surface area contributed by atoms with Crippen molar-refractivity contribution in [3.8, 4) is 0 Å². The van der Waals surface area contributed by atoms with Crippen molar-refractivity contribution in [2.24, 2.45) is 29.1 Å². The van der Waals surface area contributed by atoms with E-state index in [1.807, 2.05) is 0 Å². The van der Waals surface area contributed by atoms with Gasteiger partial charge in [-0.25, -0.2) is 0 Å². The van der Waals surface area contributed by atoms with Crippen LogP contribution in [0.15, 0.2) is 24.6 Å². The number of hydrogen-bond donors (Lipinski definition) is 2. The fourth-order valence-corrected chi connectivity index (χ4v) is 8.40. The molecule has 2 fully saturated rings. The van der Waals surface area contributed by atoms with Gasteiger partial charge in [-0.15, -0.1) is 0 Å². The first-order chi connectivity index (χ1) is 16.5. The van der Waals surface area contributed by atoms with Crippen LogP contribution in [0.3, 0.4) is 0 Å². The Hall–Kier alpha value is -1.98. The second-order valence-corrected chi connectivity index (χ2v) is 14.9. The van der Waals surface area contributed by atoms with Crippen LogP contribution in [0.25, 0.3) is 0 Å². The van der Waals surface area contributed by atoms with Gasteiger partial charge < -0.3 is 20.0 Å². The molecule has 0 atom stereocenters. The van der Waals surface area contributed by atoms with E-state index >= 15 is 0 Å². The average molecular weight is 519 g/mol. The topological polar surface area (TPSA) is 81.1 Å². The maximum atomic E-state index is 13.3. The van der Waals surface area contributed by atoms with Crippen LogP contribution < -0.4 is 0 Å². The molecule has 6 nitrogen and oxygen atoms in total. The number of nitrogens with zero attached hydrogens (tertiary/aromatic N) is 2. The fraction of sp³-hybridized carbons (Fsp3) is 0.806. The van der Waals surface area contributed by atoms with E-state index in [2.05, 4.69) is 106 Å². The molecule has 0 amide bonds. The Balaban J connectivity index is 2.68. The summed E-state index contributed by atoms with van der Waals surface area (Å²) >= 11 is 0. The van der Waals surface area contributed by atoms with Crippen molar-refractivity contribution in [3.63, 3.8) is 0 Å². The third-order valence-electron chi connectivity index (χ3n) is 9.31. The molecule has 2 heterocycles. The summed E-state index contributed by atoms with van der Waals surface area (Å²) in [6, 6.07) is 0. The molecule has 212 valence electrons. The van der Waals surface area contributed by atoms with Crippen LogP contribution in [-0.2, 0) is 9.59 Å². The third kappa shape index (κ3) is 5.18. The highest BCUT2D eigenvalue weighted by Gasteiger charge is 2.65. The summed E-state index contributed by atoms with van der Waals surface area (Å²) in [6.45, 7) is 34.0. The molecular weight excluding hydrogens is 464 g/mol. The molecule has 0 aromatic heterocycles. The monoisotopic (exact) mass is 518 g/mol. The zero-order chi connectivity index (χ0) is 29.1. The van der Waals surface area contributed by atoms with Gasteiger partial charge in [-0.1, -0.05) is 40.9 Å². The van der Waals surface area contributed by atoms with Crippen molar-refractivity contribution in [3.05, 3.63) is 24.6 Å². The molecule has 0 aromatic carbocycles. The van der Waals surface area contributed by atoms with Gasteiger partial charge in [-0.3, -0.25) is 9.59 Å². The second kappa shape index (κ2) is 9.64. The van der Waals surface area contributed by atoms with Gasteiger partial charge in [-0.05, 0) is 105 Å².